The predicted molar refractivity (Wildman–Crippen MR) is 89.8 cm³/mol. The topological polar surface area (TPSA) is 63.4 Å². The van der Waals surface area contributed by atoms with Crippen molar-refractivity contribution in [3.05, 3.63) is 35.4 Å². The number of rotatable bonds is 3. The lowest BCUT2D eigenvalue weighted by Gasteiger charge is -2.38. The van der Waals surface area contributed by atoms with Gasteiger partial charge in [0.05, 0.1) is 11.3 Å². The summed E-state index contributed by atoms with van der Waals surface area (Å²) in [7, 11) is 0. The van der Waals surface area contributed by atoms with E-state index in [4.69, 9.17) is 5.73 Å². The van der Waals surface area contributed by atoms with Crippen LogP contribution in [0.15, 0.2) is 24.3 Å². The molecule has 1 aliphatic carbocycles. The fourth-order valence-corrected chi connectivity index (χ4v) is 4.24. The van der Waals surface area contributed by atoms with E-state index in [-0.39, 0.29) is 17.7 Å². The number of amides is 2. The largest absolute Gasteiger partial charge is 0.369 e. The van der Waals surface area contributed by atoms with Gasteiger partial charge in [-0.3, -0.25) is 9.59 Å². The van der Waals surface area contributed by atoms with Crippen LogP contribution in [0.25, 0.3) is 0 Å². The Morgan fingerprint density at radius 1 is 1.22 bits per heavy atom. The maximum atomic E-state index is 13.4. The molecule has 3 rings (SSSR count). The molecule has 0 unspecified atom stereocenters. The Morgan fingerprint density at radius 3 is 2.61 bits per heavy atom. The van der Waals surface area contributed by atoms with E-state index in [2.05, 4.69) is 25.1 Å². The zero-order chi connectivity index (χ0) is 16.4. The quantitative estimate of drug-likeness (QED) is 0.932. The molecule has 0 bridgehead atoms. The van der Waals surface area contributed by atoms with Gasteiger partial charge in [0.2, 0.25) is 11.8 Å². The third-order valence-electron chi connectivity index (χ3n) is 5.55. The van der Waals surface area contributed by atoms with Crippen molar-refractivity contribution in [2.75, 3.05) is 13.1 Å². The number of piperidine rings is 1. The summed E-state index contributed by atoms with van der Waals surface area (Å²) in [5.74, 6) is -0.270. The highest BCUT2D eigenvalue weighted by molar-refractivity contribution is 5.89. The van der Waals surface area contributed by atoms with E-state index in [0.717, 1.165) is 50.6 Å². The Bertz CT molecular complexity index is 605. The zero-order valence-corrected chi connectivity index (χ0v) is 13.9. The highest BCUT2D eigenvalue weighted by Gasteiger charge is 2.45. The van der Waals surface area contributed by atoms with Crippen LogP contribution in [0.5, 0.6) is 0 Å². The van der Waals surface area contributed by atoms with E-state index >= 15 is 0 Å². The van der Waals surface area contributed by atoms with Crippen molar-refractivity contribution < 1.29 is 9.59 Å². The second kappa shape index (κ2) is 6.34. The van der Waals surface area contributed by atoms with E-state index in [1.165, 1.54) is 5.56 Å². The third kappa shape index (κ3) is 2.99. The van der Waals surface area contributed by atoms with Crippen LogP contribution in [0.2, 0.25) is 0 Å². The molecule has 2 amide bonds. The van der Waals surface area contributed by atoms with Crippen molar-refractivity contribution in [2.24, 2.45) is 11.7 Å². The number of benzene rings is 1. The van der Waals surface area contributed by atoms with Gasteiger partial charge in [0.1, 0.15) is 0 Å². The first-order chi connectivity index (χ1) is 11.0. The number of carbonyl (C=O) groups is 2. The van der Waals surface area contributed by atoms with Gasteiger partial charge in [0, 0.05) is 13.1 Å². The molecule has 23 heavy (non-hydrogen) atoms. The lowest BCUT2D eigenvalue weighted by Crippen LogP contribution is -2.51. The minimum absolute atomic E-state index is 0.191. The van der Waals surface area contributed by atoms with Crippen molar-refractivity contribution in [3.8, 4) is 0 Å². The average Bonchev–Trinajstić information content (AvgIpc) is 3.05. The number of primary amides is 1. The van der Waals surface area contributed by atoms with Gasteiger partial charge >= 0.3 is 0 Å². The molecular weight excluding hydrogens is 288 g/mol. The van der Waals surface area contributed by atoms with Crippen LogP contribution in [-0.2, 0) is 15.0 Å². The summed E-state index contributed by atoms with van der Waals surface area (Å²) in [6, 6.07) is 8.35. The van der Waals surface area contributed by atoms with Crippen LogP contribution in [0, 0.1) is 12.8 Å². The number of aryl methyl sites for hydroxylation is 1. The van der Waals surface area contributed by atoms with Gasteiger partial charge in [-0.15, -0.1) is 0 Å². The monoisotopic (exact) mass is 314 g/mol. The number of likely N-dealkylation sites (tertiary alicyclic amines) is 1. The van der Waals surface area contributed by atoms with Gasteiger partial charge in [-0.05, 0) is 38.2 Å². The Labute approximate surface area is 138 Å². The maximum absolute atomic E-state index is 13.4. The predicted octanol–water partition coefficient (Wildman–Crippen LogP) is 2.53. The molecule has 4 heteroatoms. The molecule has 4 nitrogen and oxygen atoms in total. The summed E-state index contributed by atoms with van der Waals surface area (Å²) < 4.78 is 0. The normalized spacial score (nSPS) is 23.7. The molecule has 2 aliphatic rings. The number of hydrogen-bond donors (Lipinski definition) is 1. The fraction of sp³-hybridized carbons (Fsp3) is 0.579. The average molecular weight is 314 g/mol. The summed E-state index contributed by atoms with van der Waals surface area (Å²) in [4.78, 5) is 26.8. The van der Waals surface area contributed by atoms with E-state index in [0.29, 0.717) is 6.54 Å². The first kappa shape index (κ1) is 16.0. The fourth-order valence-electron chi connectivity index (χ4n) is 4.24. The second-order valence-corrected chi connectivity index (χ2v) is 7.15. The van der Waals surface area contributed by atoms with Crippen molar-refractivity contribution in [3.63, 3.8) is 0 Å². The Kier molecular flexibility index (Phi) is 4.42. The molecule has 0 radical (unpaired) electrons. The summed E-state index contributed by atoms with van der Waals surface area (Å²) in [6.45, 7) is 3.30. The van der Waals surface area contributed by atoms with E-state index in [1.54, 1.807) is 0 Å². The summed E-state index contributed by atoms with van der Waals surface area (Å²) in [5, 5.41) is 0. The standard InChI is InChI=1S/C19H26N2O2/c1-14-6-4-8-16(12-14)19(9-2-3-10-19)18(23)21-11-5-7-15(13-21)17(20)22/h4,6,8,12,15H,2-3,5,7,9-11,13H2,1H3,(H2,20,22)/t15-/m0/s1. The molecule has 1 saturated heterocycles. The molecule has 1 aromatic carbocycles. The minimum atomic E-state index is -0.397. The maximum Gasteiger partial charge on any atom is 0.233 e. The van der Waals surface area contributed by atoms with Gasteiger partial charge in [-0.25, -0.2) is 0 Å². The molecular formula is C19H26N2O2. The number of hydrogen-bond acceptors (Lipinski definition) is 2. The minimum Gasteiger partial charge on any atom is -0.369 e. The van der Waals surface area contributed by atoms with E-state index in [9.17, 15) is 9.59 Å². The first-order valence-corrected chi connectivity index (χ1v) is 8.69. The molecule has 1 heterocycles. The van der Waals surface area contributed by atoms with Gasteiger partial charge in [-0.1, -0.05) is 42.7 Å². The van der Waals surface area contributed by atoms with Crippen LogP contribution in [0.4, 0.5) is 0 Å². The highest BCUT2D eigenvalue weighted by atomic mass is 16.2. The number of nitrogens with two attached hydrogens (primary N) is 1. The number of nitrogens with zero attached hydrogens (tertiary/aromatic N) is 1. The molecule has 1 saturated carbocycles. The number of carbonyl (C=O) groups excluding carboxylic acids is 2. The van der Waals surface area contributed by atoms with Gasteiger partial charge in [0.25, 0.3) is 0 Å². The molecule has 1 aromatic rings. The van der Waals surface area contributed by atoms with Crippen LogP contribution in [-0.4, -0.2) is 29.8 Å². The molecule has 2 N–H and O–H groups in total. The van der Waals surface area contributed by atoms with E-state index in [1.807, 2.05) is 11.0 Å². The molecule has 2 fully saturated rings. The molecule has 124 valence electrons. The van der Waals surface area contributed by atoms with Crippen molar-refractivity contribution >= 4 is 11.8 Å². The molecule has 1 atom stereocenters. The lowest BCUT2D eigenvalue weighted by molar-refractivity contribution is -0.140. The zero-order valence-electron chi connectivity index (χ0n) is 13.9. The Balaban J connectivity index is 1.89. The van der Waals surface area contributed by atoms with Crippen LogP contribution in [0.3, 0.4) is 0 Å². The van der Waals surface area contributed by atoms with E-state index < -0.39 is 5.41 Å². The Hall–Kier alpha value is -1.84. The SMILES string of the molecule is Cc1cccc(C2(C(=O)N3CCC[C@H](C(N)=O)C3)CCCC2)c1. The molecule has 1 aliphatic heterocycles. The van der Waals surface area contributed by atoms with Gasteiger partial charge in [-0.2, -0.15) is 0 Å². The molecule has 0 aromatic heterocycles. The lowest BCUT2D eigenvalue weighted by atomic mass is 9.76. The van der Waals surface area contributed by atoms with Gasteiger partial charge < -0.3 is 10.6 Å². The molecule has 0 spiro atoms. The first-order valence-electron chi connectivity index (χ1n) is 8.69. The smallest absolute Gasteiger partial charge is 0.233 e. The third-order valence-corrected chi connectivity index (χ3v) is 5.55. The highest BCUT2D eigenvalue weighted by Crippen LogP contribution is 2.43. The van der Waals surface area contributed by atoms with Gasteiger partial charge in [0.15, 0.2) is 0 Å². The Morgan fingerprint density at radius 2 is 1.96 bits per heavy atom. The second-order valence-electron chi connectivity index (χ2n) is 7.15. The van der Waals surface area contributed by atoms with Crippen LogP contribution >= 0.6 is 0 Å². The van der Waals surface area contributed by atoms with Crippen LogP contribution in [0.1, 0.15) is 49.7 Å². The van der Waals surface area contributed by atoms with Crippen molar-refractivity contribution in [1.82, 2.24) is 4.90 Å². The summed E-state index contributed by atoms with van der Waals surface area (Å²) >= 11 is 0. The van der Waals surface area contributed by atoms with Crippen molar-refractivity contribution in [1.29, 1.82) is 0 Å². The summed E-state index contributed by atoms with van der Waals surface area (Å²) in [6.07, 6.45) is 5.67. The van der Waals surface area contributed by atoms with Crippen molar-refractivity contribution in [2.45, 2.75) is 50.9 Å². The van der Waals surface area contributed by atoms with Crippen LogP contribution < -0.4 is 5.73 Å². The summed E-state index contributed by atoms with van der Waals surface area (Å²) in [5.41, 5.74) is 7.40.